The van der Waals surface area contributed by atoms with Crippen molar-refractivity contribution in [2.75, 3.05) is 25.1 Å². The number of aliphatic hydroxyl groups excluding tert-OH is 1. The predicted octanol–water partition coefficient (Wildman–Crippen LogP) is 1.07. The summed E-state index contributed by atoms with van der Waals surface area (Å²) < 4.78 is 4.59. The molecule has 1 fully saturated rings. The van der Waals surface area contributed by atoms with E-state index in [4.69, 9.17) is 0 Å². The van der Waals surface area contributed by atoms with Gasteiger partial charge in [0.05, 0.1) is 19.3 Å². The van der Waals surface area contributed by atoms with Gasteiger partial charge in [-0.05, 0) is 31.0 Å². The van der Waals surface area contributed by atoms with Crippen LogP contribution in [0.15, 0.2) is 18.3 Å². The summed E-state index contributed by atoms with van der Waals surface area (Å²) in [7, 11) is 1.36. The lowest BCUT2D eigenvalue weighted by atomic mass is 10.2. The Morgan fingerprint density at radius 2 is 2.47 bits per heavy atom. The highest BCUT2D eigenvalue weighted by atomic mass is 16.5. The van der Waals surface area contributed by atoms with E-state index in [-0.39, 0.29) is 6.04 Å². The molecule has 6 heteroatoms. The van der Waals surface area contributed by atoms with E-state index in [1.165, 1.54) is 7.11 Å². The van der Waals surface area contributed by atoms with Gasteiger partial charge in [0.2, 0.25) is 0 Å². The fourth-order valence-corrected chi connectivity index (χ4v) is 2.18. The number of carbonyl (C=O) groups is 1. The maximum absolute atomic E-state index is 11.2. The SMILES string of the molecule is COC(=O)NC1CCN(c2cc([C@@H](C)O)ccn2)C1. The normalized spacial score (nSPS) is 20.2. The Kier molecular flexibility index (Phi) is 4.21. The maximum atomic E-state index is 11.2. The molecule has 6 nitrogen and oxygen atoms in total. The van der Waals surface area contributed by atoms with Crippen LogP contribution >= 0.6 is 0 Å². The number of anilines is 1. The molecule has 1 amide bonds. The van der Waals surface area contributed by atoms with Crippen molar-refractivity contribution in [3.8, 4) is 0 Å². The molecule has 2 N–H and O–H groups in total. The molecule has 1 aromatic rings. The molecule has 1 aromatic heterocycles. The van der Waals surface area contributed by atoms with Gasteiger partial charge in [-0.1, -0.05) is 0 Å². The Morgan fingerprint density at radius 1 is 1.68 bits per heavy atom. The zero-order valence-electron chi connectivity index (χ0n) is 11.2. The first kappa shape index (κ1) is 13.6. The van der Waals surface area contributed by atoms with Gasteiger partial charge in [0.25, 0.3) is 0 Å². The van der Waals surface area contributed by atoms with Gasteiger partial charge in [-0.3, -0.25) is 0 Å². The van der Waals surface area contributed by atoms with Crippen LogP contribution in [-0.2, 0) is 4.74 Å². The zero-order chi connectivity index (χ0) is 13.8. The summed E-state index contributed by atoms with van der Waals surface area (Å²) in [5.41, 5.74) is 0.842. The fourth-order valence-electron chi connectivity index (χ4n) is 2.18. The molecule has 0 spiro atoms. The van der Waals surface area contributed by atoms with Gasteiger partial charge in [0.1, 0.15) is 5.82 Å². The number of aliphatic hydroxyl groups is 1. The highest BCUT2D eigenvalue weighted by Gasteiger charge is 2.25. The number of hydrogen-bond acceptors (Lipinski definition) is 5. The maximum Gasteiger partial charge on any atom is 0.407 e. The first-order chi connectivity index (χ1) is 9.10. The average molecular weight is 265 g/mol. The second-order valence-corrected chi connectivity index (χ2v) is 4.69. The van der Waals surface area contributed by atoms with E-state index in [0.29, 0.717) is 6.54 Å². The van der Waals surface area contributed by atoms with E-state index in [1.54, 1.807) is 19.2 Å². The monoisotopic (exact) mass is 265 g/mol. The summed E-state index contributed by atoms with van der Waals surface area (Å²) >= 11 is 0. The lowest BCUT2D eigenvalue weighted by molar-refractivity contribution is 0.167. The average Bonchev–Trinajstić information content (AvgIpc) is 2.87. The first-order valence-electron chi connectivity index (χ1n) is 6.33. The molecule has 1 aliphatic rings. The molecule has 0 aliphatic carbocycles. The Morgan fingerprint density at radius 3 is 3.16 bits per heavy atom. The number of ether oxygens (including phenoxy) is 1. The first-order valence-corrected chi connectivity index (χ1v) is 6.33. The van der Waals surface area contributed by atoms with E-state index >= 15 is 0 Å². The Hall–Kier alpha value is -1.82. The summed E-state index contributed by atoms with van der Waals surface area (Å²) in [6.45, 7) is 3.25. The molecule has 19 heavy (non-hydrogen) atoms. The number of nitrogens with one attached hydrogen (secondary N) is 1. The lowest BCUT2D eigenvalue weighted by Gasteiger charge is -2.18. The highest BCUT2D eigenvalue weighted by molar-refractivity contribution is 5.67. The van der Waals surface area contributed by atoms with Crippen molar-refractivity contribution in [2.24, 2.45) is 0 Å². The molecule has 2 rings (SSSR count). The van der Waals surface area contributed by atoms with Crippen LogP contribution in [0.1, 0.15) is 25.0 Å². The van der Waals surface area contributed by atoms with Crippen molar-refractivity contribution in [1.29, 1.82) is 0 Å². The largest absolute Gasteiger partial charge is 0.453 e. The molecule has 0 bridgehead atoms. The van der Waals surface area contributed by atoms with Gasteiger partial charge in [0.15, 0.2) is 0 Å². The van der Waals surface area contributed by atoms with Crippen molar-refractivity contribution in [3.05, 3.63) is 23.9 Å². The van der Waals surface area contributed by atoms with Crippen molar-refractivity contribution < 1.29 is 14.6 Å². The number of pyridine rings is 1. The summed E-state index contributed by atoms with van der Waals surface area (Å²) in [5.74, 6) is 0.826. The number of hydrogen-bond donors (Lipinski definition) is 2. The Balaban J connectivity index is 2.00. The Bertz CT molecular complexity index is 451. The quantitative estimate of drug-likeness (QED) is 0.855. The number of methoxy groups -OCH3 is 1. The molecule has 2 heterocycles. The molecule has 1 unspecified atom stereocenters. The summed E-state index contributed by atoms with van der Waals surface area (Å²) in [5, 5.41) is 12.4. The van der Waals surface area contributed by atoms with E-state index in [9.17, 15) is 9.90 Å². The fraction of sp³-hybridized carbons (Fsp3) is 0.538. The second kappa shape index (κ2) is 5.88. The van der Waals surface area contributed by atoms with E-state index in [2.05, 4.69) is 19.9 Å². The standard InChI is InChI=1S/C13H19N3O3/c1-9(17)10-3-5-14-12(7-10)16-6-4-11(8-16)15-13(18)19-2/h3,5,7,9,11,17H,4,6,8H2,1-2H3,(H,15,18)/t9-,11?/m1/s1. The van der Waals surface area contributed by atoms with E-state index < -0.39 is 12.2 Å². The molecule has 104 valence electrons. The topological polar surface area (TPSA) is 74.7 Å². The van der Waals surface area contributed by atoms with Gasteiger partial charge in [0, 0.05) is 19.3 Å². The number of nitrogens with zero attached hydrogens (tertiary/aromatic N) is 2. The minimum atomic E-state index is -0.506. The van der Waals surface area contributed by atoms with Crippen LogP contribution < -0.4 is 10.2 Å². The van der Waals surface area contributed by atoms with Crippen LogP contribution in [0.3, 0.4) is 0 Å². The molecular formula is C13H19N3O3. The second-order valence-electron chi connectivity index (χ2n) is 4.69. The predicted molar refractivity (Wildman–Crippen MR) is 71.0 cm³/mol. The number of carbonyl (C=O) groups excluding carboxylic acids is 1. The van der Waals surface area contributed by atoms with Crippen LogP contribution in [0.2, 0.25) is 0 Å². The van der Waals surface area contributed by atoms with Crippen molar-refractivity contribution in [1.82, 2.24) is 10.3 Å². The van der Waals surface area contributed by atoms with E-state index in [0.717, 1.165) is 24.3 Å². The number of alkyl carbamates (subject to hydrolysis) is 1. The third kappa shape index (κ3) is 3.35. The third-order valence-corrected chi connectivity index (χ3v) is 3.27. The molecule has 0 saturated carbocycles. The van der Waals surface area contributed by atoms with Gasteiger partial charge >= 0.3 is 6.09 Å². The van der Waals surface area contributed by atoms with Crippen LogP contribution in [0.25, 0.3) is 0 Å². The van der Waals surface area contributed by atoms with E-state index in [1.807, 2.05) is 6.07 Å². The molecular weight excluding hydrogens is 246 g/mol. The van der Waals surface area contributed by atoms with Gasteiger partial charge in [-0.2, -0.15) is 0 Å². The van der Waals surface area contributed by atoms with Crippen LogP contribution in [0.4, 0.5) is 10.6 Å². The van der Waals surface area contributed by atoms with Crippen LogP contribution in [0.5, 0.6) is 0 Å². The molecule has 0 radical (unpaired) electrons. The number of aromatic nitrogens is 1. The lowest BCUT2D eigenvalue weighted by Crippen LogP contribution is -2.37. The third-order valence-electron chi connectivity index (χ3n) is 3.27. The minimum Gasteiger partial charge on any atom is -0.453 e. The molecule has 0 aromatic carbocycles. The number of amides is 1. The zero-order valence-corrected chi connectivity index (χ0v) is 11.2. The van der Waals surface area contributed by atoms with Crippen LogP contribution in [-0.4, -0.2) is 42.4 Å². The summed E-state index contributed by atoms with van der Waals surface area (Å²) in [4.78, 5) is 17.6. The summed E-state index contributed by atoms with van der Waals surface area (Å²) in [6, 6.07) is 3.75. The number of rotatable bonds is 3. The minimum absolute atomic E-state index is 0.0736. The van der Waals surface area contributed by atoms with Gasteiger partial charge in [-0.15, -0.1) is 0 Å². The van der Waals surface area contributed by atoms with Crippen molar-refractivity contribution in [3.63, 3.8) is 0 Å². The molecule has 1 aliphatic heterocycles. The summed E-state index contributed by atoms with van der Waals surface area (Å²) in [6.07, 6.45) is 1.64. The Labute approximate surface area is 112 Å². The highest BCUT2D eigenvalue weighted by Crippen LogP contribution is 2.21. The van der Waals surface area contributed by atoms with Gasteiger partial charge in [-0.25, -0.2) is 9.78 Å². The molecule has 1 saturated heterocycles. The van der Waals surface area contributed by atoms with Crippen LogP contribution in [0, 0.1) is 0 Å². The van der Waals surface area contributed by atoms with Gasteiger partial charge < -0.3 is 20.1 Å². The smallest absolute Gasteiger partial charge is 0.407 e. The van der Waals surface area contributed by atoms with Crippen molar-refractivity contribution >= 4 is 11.9 Å². The molecule has 2 atom stereocenters. The van der Waals surface area contributed by atoms with Crippen molar-refractivity contribution in [2.45, 2.75) is 25.5 Å².